The fourth-order valence-corrected chi connectivity index (χ4v) is 5.93. The third-order valence-corrected chi connectivity index (χ3v) is 7.38. The van der Waals surface area contributed by atoms with Crippen LogP contribution in [0.4, 0.5) is 5.69 Å². The van der Waals surface area contributed by atoms with Gasteiger partial charge in [-0.1, -0.05) is 18.9 Å². The van der Waals surface area contributed by atoms with E-state index in [9.17, 15) is 5.26 Å². The first-order valence-corrected chi connectivity index (χ1v) is 11.3. The molecule has 2 saturated heterocycles. The molecule has 6 heteroatoms. The number of hydrogen-bond acceptors (Lipinski definition) is 4. The van der Waals surface area contributed by atoms with Crippen molar-refractivity contribution in [3.63, 3.8) is 0 Å². The molecule has 0 saturated carbocycles. The third kappa shape index (κ3) is 3.29. The van der Waals surface area contributed by atoms with Gasteiger partial charge in [-0.15, -0.1) is 0 Å². The molecule has 5 nitrogen and oxygen atoms in total. The molecule has 31 heavy (non-hydrogen) atoms. The minimum Gasteiger partial charge on any atom is -0.493 e. The topological polar surface area (TPSA) is 62.9 Å². The summed E-state index contributed by atoms with van der Waals surface area (Å²) < 4.78 is 7.99. The van der Waals surface area contributed by atoms with E-state index in [0.29, 0.717) is 24.3 Å². The Kier molecular flexibility index (Phi) is 4.49. The molecule has 1 N–H and O–H groups in total. The lowest BCUT2D eigenvalue weighted by atomic mass is 9.35. The van der Waals surface area contributed by atoms with Crippen molar-refractivity contribution in [2.75, 3.05) is 11.9 Å². The van der Waals surface area contributed by atoms with Crippen molar-refractivity contribution in [2.24, 2.45) is 0 Å². The molecule has 2 fully saturated rings. The van der Waals surface area contributed by atoms with Gasteiger partial charge in [0.05, 0.1) is 12.3 Å². The van der Waals surface area contributed by atoms with Crippen LogP contribution in [0.2, 0.25) is 11.6 Å². The van der Waals surface area contributed by atoms with Crippen LogP contribution < -0.4 is 10.1 Å². The van der Waals surface area contributed by atoms with Gasteiger partial charge in [0.15, 0.2) is 0 Å². The maximum atomic E-state index is 9.47. The zero-order chi connectivity index (χ0) is 20.8. The molecule has 2 unspecified atom stereocenters. The van der Waals surface area contributed by atoms with Crippen molar-refractivity contribution in [3.05, 3.63) is 60.4 Å². The first-order valence-electron chi connectivity index (χ1n) is 11.3. The first kappa shape index (κ1) is 18.6. The normalized spacial score (nSPS) is 23.8. The molecule has 0 radical (unpaired) electrons. The summed E-state index contributed by atoms with van der Waals surface area (Å²) in [5.41, 5.74) is 5.91. The van der Waals surface area contributed by atoms with Gasteiger partial charge < -0.3 is 10.1 Å². The predicted octanol–water partition coefficient (Wildman–Crippen LogP) is 5.14. The number of rotatable bonds is 3. The average Bonchev–Trinajstić information content (AvgIpc) is 3.36. The van der Waals surface area contributed by atoms with Crippen LogP contribution in [0.5, 0.6) is 5.75 Å². The van der Waals surface area contributed by atoms with Crippen LogP contribution >= 0.6 is 0 Å². The van der Waals surface area contributed by atoms with Crippen molar-refractivity contribution in [3.8, 4) is 28.5 Å². The van der Waals surface area contributed by atoms with Gasteiger partial charge in [0.2, 0.25) is 0 Å². The number of anilines is 1. The Bertz CT molecular complexity index is 1140. The van der Waals surface area contributed by atoms with Gasteiger partial charge in [-0.05, 0) is 65.9 Å². The second kappa shape index (κ2) is 7.49. The molecule has 2 atom stereocenters. The predicted molar refractivity (Wildman–Crippen MR) is 123 cm³/mol. The van der Waals surface area contributed by atoms with Gasteiger partial charge in [-0.25, -0.2) is 9.94 Å². The number of ether oxygens (including phenoxy) is 1. The maximum Gasteiger partial charge on any atom is 0.274 e. The van der Waals surface area contributed by atoms with E-state index in [1.165, 1.54) is 29.7 Å². The molecule has 0 spiro atoms. The van der Waals surface area contributed by atoms with E-state index in [2.05, 4.69) is 52.8 Å². The number of aromatic nitrogens is 2. The molecule has 3 aromatic rings. The zero-order valence-electron chi connectivity index (χ0n) is 17.5. The van der Waals surface area contributed by atoms with Crippen LogP contribution in [0, 0.1) is 11.2 Å². The molecule has 2 aromatic carbocycles. The van der Waals surface area contributed by atoms with Crippen LogP contribution in [0.25, 0.3) is 16.8 Å². The molecule has 0 amide bonds. The third-order valence-electron chi connectivity index (χ3n) is 7.38. The van der Waals surface area contributed by atoms with Crippen LogP contribution in [0.15, 0.2) is 54.9 Å². The summed E-state index contributed by atoms with van der Waals surface area (Å²) in [6.45, 7) is 0.953. The number of benzene rings is 2. The largest absolute Gasteiger partial charge is 0.493 e. The lowest BCUT2D eigenvalue weighted by Gasteiger charge is -2.31. The van der Waals surface area contributed by atoms with E-state index in [1.54, 1.807) is 6.20 Å². The van der Waals surface area contributed by atoms with E-state index in [-0.39, 0.29) is 6.71 Å². The van der Waals surface area contributed by atoms with Gasteiger partial charge in [0, 0.05) is 48.1 Å². The molecular weight excluding hydrogens is 383 g/mol. The highest BCUT2D eigenvalue weighted by molar-refractivity contribution is 6.70. The van der Waals surface area contributed by atoms with Crippen molar-refractivity contribution >= 4 is 12.4 Å². The van der Waals surface area contributed by atoms with Gasteiger partial charge >= 0.3 is 0 Å². The SMILES string of the molecule is N#CB1C2CCC1CC(Nc1ccc3c(c1)CCOc1cc(-n4cccn4)ccc1-3)C2. The highest BCUT2D eigenvalue weighted by Gasteiger charge is 2.45. The first-order chi connectivity index (χ1) is 15.3. The maximum absolute atomic E-state index is 9.47. The average molecular weight is 408 g/mol. The van der Waals surface area contributed by atoms with E-state index in [1.807, 2.05) is 16.9 Å². The molecule has 154 valence electrons. The Morgan fingerprint density at radius 2 is 1.94 bits per heavy atom. The minimum atomic E-state index is 0.283. The second-order valence-corrected chi connectivity index (χ2v) is 9.17. The monoisotopic (exact) mass is 408 g/mol. The molecule has 2 bridgehead atoms. The number of nitrogens with zero attached hydrogens (tertiary/aromatic N) is 3. The Morgan fingerprint density at radius 1 is 1.10 bits per heavy atom. The van der Waals surface area contributed by atoms with Crippen molar-refractivity contribution in [1.82, 2.24) is 9.78 Å². The minimum absolute atomic E-state index is 0.283. The van der Waals surface area contributed by atoms with Gasteiger partial charge in [0.25, 0.3) is 6.71 Å². The molecule has 1 aromatic heterocycles. The van der Waals surface area contributed by atoms with Crippen molar-refractivity contribution < 1.29 is 4.74 Å². The highest BCUT2D eigenvalue weighted by Crippen LogP contribution is 2.49. The van der Waals surface area contributed by atoms with E-state index in [4.69, 9.17) is 4.74 Å². The zero-order valence-corrected chi connectivity index (χ0v) is 17.5. The Labute approximate surface area is 183 Å². The van der Waals surface area contributed by atoms with Crippen LogP contribution in [0.1, 0.15) is 31.2 Å². The van der Waals surface area contributed by atoms with E-state index >= 15 is 0 Å². The summed E-state index contributed by atoms with van der Waals surface area (Å²) in [5.74, 6) is 4.64. The fraction of sp³-hybridized carbons (Fsp3) is 0.360. The molecule has 0 aliphatic carbocycles. The van der Waals surface area contributed by atoms with Crippen LogP contribution in [-0.2, 0) is 6.42 Å². The lowest BCUT2D eigenvalue weighted by Crippen LogP contribution is -2.34. The summed E-state index contributed by atoms with van der Waals surface area (Å²) in [5, 5.41) is 17.6. The van der Waals surface area contributed by atoms with E-state index in [0.717, 1.165) is 36.3 Å². The van der Waals surface area contributed by atoms with Crippen molar-refractivity contribution in [1.29, 1.82) is 5.26 Å². The van der Waals surface area contributed by atoms with Gasteiger partial charge in [-0.2, -0.15) is 5.10 Å². The molecular formula is C25H25BN4O. The number of hydrogen-bond donors (Lipinski definition) is 1. The quantitative estimate of drug-likeness (QED) is 0.610. The summed E-state index contributed by atoms with van der Waals surface area (Å²) in [7, 11) is 0. The van der Waals surface area contributed by atoms with E-state index < -0.39 is 0 Å². The lowest BCUT2D eigenvalue weighted by molar-refractivity contribution is 0.326. The Hall–Kier alpha value is -3.20. The molecule has 6 rings (SSSR count). The molecule has 3 aliphatic heterocycles. The standard InChI is InChI=1S/C25H25BN4O/c27-16-26-18-2-3-19(26)14-21(13-18)29-20-4-6-23-17(12-20)8-11-31-25-15-22(5-7-24(23)25)30-10-1-9-28-30/h1,4-7,9-10,12,15,18-19,21,29H,2-3,8,11,13-14H2. The second-order valence-electron chi connectivity index (χ2n) is 9.17. The van der Waals surface area contributed by atoms with Crippen molar-refractivity contribution in [2.45, 2.75) is 49.8 Å². The number of nitrogens with one attached hydrogen (secondary N) is 1. The number of fused-ring (bicyclic) bond motifs is 5. The van der Waals surface area contributed by atoms with Crippen LogP contribution in [0.3, 0.4) is 0 Å². The summed E-state index contributed by atoms with van der Waals surface area (Å²) >= 11 is 0. The summed E-state index contributed by atoms with van der Waals surface area (Å²) in [4.78, 5) is 0. The Morgan fingerprint density at radius 3 is 2.71 bits per heavy atom. The summed E-state index contributed by atoms with van der Waals surface area (Å²) in [6, 6.07) is 15.5. The van der Waals surface area contributed by atoms with Gasteiger partial charge in [-0.3, -0.25) is 0 Å². The van der Waals surface area contributed by atoms with Crippen LogP contribution in [-0.4, -0.2) is 29.1 Å². The smallest absolute Gasteiger partial charge is 0.274 e. The number of nitriles is 1. The Balaban J connectivity index is 1.25. The highest BCUT2D eigenvalue weighted by atomic mass is 16.5. The molecule has 4 heterocycles. The molecule has 3 aliphatic rings. The van der Waals surface area contributed by atoms with Gasteiger partial charge in [0.1, 0.15) is 5.75 Å². The summed E-state index contributed by atoms with van der Waals surface area (Å²) in [6.07, 6.45) is 9.31. The fourth-order valence-electron chi connectivity index (χ4n) is 5.93.